The zero-order valence-electron chi connectivity index (χ0n) is 9.51. The van der Waals surface area contributed by atoms with E-state index in [0.717, 1.165) is 18.2 Å². The molecular weight excluding hydrogens is 242 g/mol. The summed E-state index contributed by atoms with van der Waals surface area (Å²) in [6, 6.07) is 3.03. The summed E-state index contributed by atoms with van der Waals surface area (Å²) in [5, 5.41) is 7.61. The minimum Gasteiger partial charge on any atom is -0.491 e. The van der Waals surface area contributed by atoms with Crippen LogP contribution < -0.4 is 10.5 Å². The van der Waals surface area contributed by atoms with Crippen LogP contribution in [0.2, 0.25) is 0 Å². The molecule has 2 aromatic rings. The molecule has 0 atom stereocenters. The monoisotopic (exact) mass is 254 g/mol. The van der Waals surface area contributed by atoms with Gasteiger partial charge in [-0.15, -0.1) is 5.10 Å². The molecule has 1 heterocycles. The topological polar surface area (TPSA) is 66.0 Å². The van der Waals surface area contributed by atoms with E-state index in [1.165, 1.54) is 0 Å². The summed E-state index contributed by atoms with van der Waals surface area (Å²) in [6.07, 6.45) is 1.69. The molecule has 2 rings (SSSR count). The highest BCUT2D eigenvalue weighted by molar-refractivity contribution is 5.23. The normalized spacial score (nSPS) is 10.6. The van der Waals surface area contributed by atoms with E-state index in [4.69, 9.17) is 10.5 Å². The standard InChI is InChI=1S/C11H12F2N4O/c12-8-3-9(13)5-11(4-8)18-2-1-17-7-10(6-14)15-16-17/h3-5,7H,1-2,6,14H2. The van der Waals surface area contributed by atoms with Crippen LogP contribution >= 0.6 is 0 Å². The van der Waals surface area contributed by atoms with Crippen LogP contribution in [0.1, 0.15) is 5.69 Å². The number of rotatable bonds is 5. The van der Waals surface area contributed by atoms with Crippen molar-refractivity contribution < 1.29 is 13.5 Å². The average molecular weight is 254 g/mol. The fraction of sp³-hybridized carbons (Fsp3) is 0.273. The van der Waals surface area contributed by atoms with E-state index >= 15 is 0 Å². The van der Waals surface area contributed by atoms with E-state index in [9.17, 15) is 8.78 Å². The molecule has 7 heteroatoms. The largest absolute Gasteiger partial charge is 0.491 e. The number of aromatic nitrogens is 3. The van der Waals surface area contributed by atoms with E-state index in [-0.39, 0.29) is 12.4 Å². The smallest absolute Gasteiger partial charge is 0.129 e. The molecule has 0 fully saturated rings. The SMILES string of the molecule is NCc1cn(CCOc2cc(F)cc(F)c2)nn1. The third kappa shape index (κ3) is 3.24. The molecule has 18 heavy (non-hydrogen) atoms. The predicted molar refractivity (Wildman–Crippen MR) is 59.8 cm³/mol. The lowest BCUT2D eigenvalue weighted by molar-refractivity contribution is 0.287. The maximum Gasteiger partial charge on any atom is 0.129 e. The number of benzene rings is 1. The minimum absolute atomic E-state index is 0.145. The van der Waals surface area contributed by atoms with Gasteiger partial charge in [-0.1, -0.05) is 5.21 Å². The second-order valence-corrected chi connectivity index (χ2v) is 3.63. The van der Waals surface area contributed by atoms with E-state index in [1.807, 2.05) is 0 Å². The number of nitrogens with zero attached hydrogens (tertiary/aromatic N) is 3. The molecule has 0 aliphatic rings. The average Bonchev–Trinajstić information content (AvgIpc) is 2.76. The molecule has 5 nitrogen and oxygen atoms in total. The van der Waals surface area contributed by atoms with Crippen molar-refractivity contribution in [3.05, 3.63) is 41.7 Å². The van der Waals surface area contributed by atoms with Crippen molar-refractivity contribution in [1.82, 2.24) is 15.0 Å². The Morgan fingerprint density at radius 1 is 1.22 bits per heavy atom. The van der Waals surface area contributed by atoms with Gasteiger partial charge in [-0.05, 0) is 0 Å². The Hall–Kier alpha value is -2.02. The zero-order valence-corrected chi connectivity index (χ0v) is 9.51. The predicted octanol–water partition coefficient (Wildman–Crippen LogP) is 1.09. The van der Waals surface area contributed by atoms with Crippen molar-refractivity contribution >= 4 is 0 Å². The second kappa shape index (κ2) is 5.54. The van der Waals surface area contributed by atoms with Crippen LogP contribution in [0.3, 0.4) is 0 Å². The van der Waals surface area contributed by atoms with E-state index < -0.39 is 11.6 Å². The first-order valence-corrected chi connectivity index (χ1v) is 5.35. The quantitative estimate of drug-likeness (QED) is 0.867. The fourth-order valence-electron chi connectivity index (χ4n) is 1.41. The van der Waals surface area contributed by atoms with Crippen LogP contribution in [0, 0.1) is 11.6 Å². The maximum atomic E-state index is 12.9. The third-order valence-electron chi connectivity index (χ3n) is 2.22. The highest BCUT2D eigenvalue weighted by Crippen LogP contribution is 2.15. The molecular formula is C11H12F2N4O. The highest BCUT2D eigenvalue weighted by Gasteiger charge is 2.02. The van der Waals surface area contributed by atoms with Gasteiger partial charge in [0.25, 0.3) is 0 Å². The Morgan fingerprint density at radius 3 is 2.56 bits per heavy atom. The summed E-state index contributed by atoms with van der Waals surface area (Å²) in [5.74, 6) is -1.20. The van der Waals surface area contributed by atoms with Gasteiger partial charge in [0.15, 0.2) is 0 Å². The van der Waals surface area contributed by atoms with Crippen molar-refractivity contribution in [2.75, 3.05) is 6.61 Å². The van der Waals surface area contributed by atoms with Crippen LogP contribution in [0.4, 0.5) is 8.78 Å². The van der Waals surface area contributed by atoms with Gasteiger partial charge >= 0.3 is 0 Å². The third-order valence-corrected chi connectivity index (χ3v) is 2.22. The van der Waals surface area contributed by atoms with Gasteiger partial charge in [0.2, 0.25) is 0 Å². The van der Waals surface area contributed by atoms with E-state index in [2.05, 4.69) is 10.3 Å². The van der Waals surface area contributed by atoms with Gasteiger partial charge in [0.1, 0.15) is 24.0 Å². The fourth-order valence-corrected chi connectivity index (χ4v) is 1.41. The van der Waals surface area contributed by atoms with E-state index in [1.54, 1.807) is 10.9 Å². The summed E-state index contributed by atoms with van der Waals surface area (Å²) in [4.78, 5) is 0. The van der Waals surface area contributed by atoms with Gasteiger partial charge in [0, 0.05) is 30.9 Å². The first-order chi connectivity index (χ1) is 8.67. The van der Waals surface area contributed by atoms with Gasteiger partial charge in [-0.2, -0.15) is 0 Å². The summed E-state index contributed by atoms with van der Waals surface area (Å²) >= 11 is 0. The minimum atomic E-state index is -0.670. The lowest BCUT2D eigenvalue weighted by Gasteiger charge is -2.06. The number of nitrogens with two attached hydrogens (primary N) is 1. The van der Waals surface area contributed by atoms with Gasteiger partial charge < -0.3 is 10.5 Å². The van der Waals surface area contributed by atoms with Crippen LogP contribution in [0.15, 0.2) is 24.4 Å². The number of hydrogen-bond donors (Lipinski definition) is 1. The molecule has 0 aliphatic carbocycles. The molecule has 0 saturated carbocycles. The van der Waals surface area contributed by atoms with Crippen LogP contribution in [0.5, 0.6) is 5.75 Å². The molecule has 0 radical (unpaired) electrons. The molecule has 1 aromatic carbocycles. The van der Waals surface area contributed by atoms with Crippen LogP contribution in [0.25, 0.3) is 0 Å². The van der Waals surface area contributed by atoms with Crippen molar-refractivity contribution in [1.29, 1.82) is 0 Å². The second-order valence-electron chi connectivity index (χ2n) is 3.63. The Morgan fingerprint density at radius 2 is 1.94 bits per heavy atom. The molecule has 0 unspecified atom stereocenters. The zero-order chi connectivity index (χ0) is 13.0. The highest BCUT2D eigenvalue weighted by atomic mass is 19.1. The first kappa shape index (κ1) is 12.4. The van der Waals surface area contributed by atoms with Crippen LogP contribution in [-0.4, -0.2) is 21.6 Å². The Bertz CT molecular complexity index is 509. The number of halogens is 2. The number of ether oxygens (including phenoxy) is 1. The molecule has 96 valence electrons. The van der Waals surface area contributed by atoms with Crippen molar-refractivity contribution in [3.8, 4) is 5.75 Å². The van der Waals surface area contributed by atoms with Crippen LogP contribution in [-0.2, 0) is 13.1 Å². The van der Waals surface area contributed by atoms with Gasteiger partial charge in [0.05, 0.1) is 12.2 Å². The molecule has 0 amide bonds. The lowest BCUT2D eigenvalue weighted by Crippen LogP contribution is -2.09. The summed E-state index contributed by atoms with van der Waals surface area (Å²) < 4.78 is 32.5. The Balaban J connectivity index is 1.88. The summed E-state index contributed by atoms with van der Waals surface area (Å²) in [7, 11) is 0. The molecule has 0 aliphatic heterocycles. The van der Waals surface area contributed by atoms with Crippen molar-refractivity contribution in [3.63, 3.8) is 0 Å². The summed E-state index contributed by atoms with van der Waals surface area (Å²) in [6.45, 7) is 0.970. The van der Waals surface area contributed by atoms with Crippen molar-refractivity contribution in [2.45, 2.75) is 13.1 Å². The van der Waals surface area contributed by atoms with Crippen molar-refractivity contribution in [2.24, 2.45) is 5.73 Å². The number of hydrogen-bond acceptors (Lipinski definition) is 4. The molecule has 0 bridgehead atoms. The summed E-state index contributed by atoms with van der Waals surface area (Å²) in [5.41, 5.74) is 6.06. The van der Waals surface area contributed by atoms with Gasteiger partial charge in [-0.3, -0.25) is 0 Å². The molecule has 1 aromatic heterocycles. The first-order valence-electron chi connectivity index (χ1n) is 5.35. The Kier molecular flexibility index (Phi) is 3.83. The lowest BCUT2D eigenvalue weighted by atomic mass is 10.3. The maximum absolute atomic E-state index is 12.9. The molecule has 2 N–H and O–H groups in total. The Labute approximate surface area is 102 Å². The molecule has 0 spiro atoms. The van der Waals surface area contributed by atoms with Gasteiger partial charge in [-0.25, -0.2) is 13.5 Å². The molecule has 0 saturated heterocycles. The van der Waals surface area contributed by atoms with E-state index in [0.29, 0.717) is 18.8 Å².